The van der Waals surface area contributed by atoms with Crippen molar-refractivity contribution in [2.75, 3.05) is 19.3 Å². The number of aromatic nitrogens is 1. The highest BCUT2D eigenvalue weighted by Crippen LogP contribution is 2.20. The fraction of sp³-hybridized carbons (Fsp3) is 0.154. The molecule has 1 aromatic carbocycles. The molecule has 0 aliphatic rings. The van der Waals surface area contributed by atoms with E-state index in [1.807, 2.05) is 12.1 Å². The Kier molecular flexibility index (Phi) is 3.33. The van der Waals surface area contributed by atoms with E-state index >= 15 is 0 Å². The number of amides is 1. The third-order valence-electron chi connectivity index (χ3n) is 2.69. The summed E-state index contributed by atoms with van der Waals surface area (Å²) in [5, 5.41) is 9.43. The second-order valence-electron chi connectivity index (χ2n) is 4.17. The largest absolute Gasteiger partial charge is 0.480 e. The van der Waals surface area contributed by atoms with Crippen molar-refractivity contribution in [3.05, 3.63) is 36.0 Å². The van der Waals surface area contributed by atoms with Crippen LogP contribution in [0.15, 0.2) is 30.3 Å². The average molecular weight is 259 g/mol. The van der Waals surface area contributed by atoms with Gasteiger partial charge in [0.15, 0.2) is 0 Å². The fourth-order valence-electron chi connectivity index (χ4n) is 1.78. The van der Waals surface area contributed by atoms with Crippen molar-refractivity contribution in [3.8, 4) is 0 Å². The maximum Gasteiger partial charge on any atom is 0.323 e. The molecule has 0 radical (unpaired) electrons. The summed E-state index contributed by atoms with van der Waals surface area (Å²) in [6.07, 6.45) is 0. The van der Waals surface area contributed by atoms with E-state index < -0.39 is 11.9 Å². The number of carboxylic acid groups (broad SMARTS) is 1. The number of fused-ring (bicyclic) bond motifs is 1. The Morgan fingerprint density at radius 3 is 2.74 bits per heavy atom. The molecule has 1 aromatic heterocycles. The number of nitrogens with zero attached hydrogens (tertiary/aromatic N) is 2. The monoisotopic (exact) mass is 259 g/mol. The van der Waals surface area contributed by atoms with E-state index in [0.717, 1.165) is 10.3 Å². The molecule has 0 saturated carbocycles. The van der Waals surface area contributed by atoms with Crippen LogP contribution in [0.25, 0.3) is 10.9 Å². The van der Waals surface area contributed by atoms with Gasteiger partial charge in [-0.1, -0.05) is 18.2 Å². The minimum absolute atomic E-state index is 0.139. The highest BCUT2D eigenvalue weighted by molar-refractivity contribution is 5.99. The second kappa shape index (κ2) is 4.93. The number of pyridine rings is 1. The molecule has 6 nitrogen and oxygen atoms in total. The summed E-state index contributed by atoms with van der Waals surface area (Å²) in [7, 11) is 1.41. The van der Waals surface area contributed by atoms with E-state index in [1.165, 1.54) is 13.1 Å². The summed E-state index contributed by atoms with van der Waals surface area (Å²) in [5.41, 5.74) is 7.06. The molecule has 2 rings (SSSR count). The molecular formula is C13H13N3O3. The molecule has 98 valence electrons. The molecule has 1 heterocycles. The summed E-state index contributed by atoms with van der Waals surface area (Å²) in [5.74, 6) is -1.55. The maximum atomic E-state index is 12.0. The van der Waals surface area contributed by atoms with Crippen molar-refractivity contribution in [2.45, 2.75) is 0 Å². The molecule has 0 saturated heterocycles. The van der Waals surface area contributed by atoms with Gasteiger partial charge < -0.3 is 15.7 Å². The molecule has 0 aliphatic carbocycles. The topological polar surface area (TPSA) is 96.5 Å². The SMILES string of the molecule is CN(CC(=O)O)C(=O)c1cc(N)c2ccccc2n1. The van der Waals surface area contributed by atoms with Gasteiger partial charge in [-0.05, 0) is 12.1 Å². The zero-order valence-corrected chi connectivity index (χ0v) is 10.3. The van der Waals surface area contributed by atoms with Gasteiger partial charge in [-0.15, -0.1) is 0 Å². The molecular weight excluding hydrogens is 246 g/mol. The van der Waals surface area contributed by atoms with Crippen LogP contribution in [0.1, 0.15) is 10.5 Å². The van der Waals surface area contributed by atoms with E-state index in [1.54, 1.807) is 12.1 Å². The van der Waals surface area contributed by atoms with Crippen LogP contribution in [0.4, 0.5) is 5.69 Å². The lowest BCUT2D eigenvalue weighted by atomic mass is 10.1. The summed E-state index contributed by atoms with van der Waals surface area (Å²) in [4.78, 5) is 27.9. The first kappa shape index (κ1) is 12.8. The molecule has 6 heteroatoms. The Morgan fingerprint density at radius 1 is 1.37 bits per heavy atom. The van der Waals surface area contributed by atoms with Crippen LogP contribution in [-0.4, -0.2) is 40.5 Å². The van der Waals surface area contributed by atoms with Gasteiger partial charge in [0.05, 0.1) is 5.52 Å². The number of nitrogens with two attached hydrogens (primary N) is 1. The van der Waals surface area contributed by atoms with Gasteiger partial charge in [-0.2, -0.15) is 0 Å². The molecule has 1 amide bonds. The Morgan fingerprint density at radius 2 is 2.05 bits per heavy atom. The summed E-state index contributed by atoms with van der Waals surface area (Å²) >= 11 is 0. The van der Waals surface area contributed by atoms with Crippen LogP contribution in [0, 0.1) is 0 Å². The first-order chi connectivity index (χ1) is 8.99. The lowest BCUT2D eigenvalue weighted by molar-refractivity contribution is -0.137. The molecule has 3 N–H and O–H groups in total. The summed E-state index contributed by atoms with van der Waals surface area (Å²) in [6, 6.07) is 8.65. The number of rotatable bonds is 3. The Hall–Kier alpha value is -2.63. The van der Waals surface area contributed by atoms with Gasteiger partial charge in [-0.3, -0.25) is 9.59 Å². The van der Waals surface area contributed by atoms with E-state index in [4.69, 9.17) is 10.8 Å². The smallest absolute Gasteiger partial charge is 0.323 e. The van der Waals surface area contributed by atoms with Gasteiger partial charge in [0.2, 0.25) is 0 Å². The molecule has 0 aliphatic heterocycles. The average Bonchev–Trinajstić information content (AvgIpc) is 2.37. The number of carbonyl (C=O) groups is 2. The van der Waals surface area contributed by atoms with Crippen LogP contribution < -0.4 is 5.73 Å². The molecule has 0 bridgehead atoms. The number of anilines is 1. The molecule has 0 fully saturated rings. The van der Waals surface area contributed by atoms with Gasteiger partial charge in [0, 0.05) is 18.1 Å². The van der Waals surface area contributed by atoms with Crippen molar-refractivity contribution in [3.63, 3.8) is 0 Å². The van der Waals surface area contributed by atoms with E-state index in [2.05, 4.69) is 4.98 Å². The number of hydrogen-bond acceptors (Lipinski definition) is 4. The van der Waals surface area contributed by atoms with Crippen molar-refractivity contribution in [1.82, 2.24) is 9.88 Å². The number of para-hydroxylation sites is 1. The van der Waals surface area contributed by atoms with Crippen LogP contribution in [0.5, 0.6) is 0 Å². The number of carboxylic acids is 1. The van der Waals surface area contributed by atoms with Gasteiger partial charge in [0.25, 0.3) is 5.91 Å². The number of nitrogen functional groups attached to an aromatic ring is 1. The molecule has 19 heavy (non-hydrogen) atoms. The quantitative estimate of drug-likeness (QED) is 0.856. The zero-order valence-electron chi connectivity index (χ0n) is 10.3. The molecule has 0 spiro atoms. The minimum Gasteiger partial charge on any atom is -0.480 e. The van der Waals surface area contributed by atoms with Gasteiger partial charge >= 0.3 is 5.97 Å². The number of carbonyl (C=O) groups excluding carboxylic acids is 1. The minimum atomic E-state index is -1.08. The Labute approximate surface area is 109 Å². The van der Waals surface area contributed by atoms with Crippen LogP contribution in [0.3, 0.4) is 0 Å². The van der Waals surface area contributed by atoms with E-state index in [-0.39, 0.29) is 12.2 Å². The van der Waals surface area contributed by atoms with Crippen LogP contribution >= 0.6 is 0 Å². The summed E-state index contributed by atoms with van der Waals surface area (Å²) < 4.78 is 0. The van der Waals surface area contributed by atoms with Crippen molar-refractivity contribution in [1.29, 1.82) is 0 Å². The van der Waals surface area contributed by atoms with Crippen LogP contribution in [0.2, 0.25) is 0 Å². The normalized spacial score (nSPS) is 10.4. The standard InChI is InChI=1S/C13H13N3O3/c1-16(7-12(17)18)13(19)11-6-9(14)8-4-2-3-5-10(8)15-11/h2-6H,7H2,1H3,(H2,14,15)(H,17,18). The lowest BCUT2D eigenvalue weighted by Crippen LogP contribution is -2.32. The highest BCUT2D eigenvalue weighted by atomic mass is 16.4. The summed E-state index contributed by atoms with van der Waals surface area (Å²) in [6.45, 7) is -0.382. The Bertz CT molecular complexity index is 655. The lowest BCUT2D eigenvalue weighted by Gasteiger charge is -2.14. The van der Waals surface area contributed by atoms with Gasteiger partial charge in [-0.25, -0.2) is 4.98 Å². The van der Waals surface area contributed by atoms with Crippen molar-refractivity contribution in [2.24, 2.45) is 0 Å². The van der Waals surface area contributed by atoms with Crippen LogP contribution in [-0.2, 0) is 4.79 Å². The van der Waals surface area contributed by atoms with Crippen molar-refractivity contribution >= 4 is 28.5 Å². The number of likely N-dealkylation sites (N-methyl/N-ethyl adjacent to an activating group) is 1. The highest BCUT2D eigenvalue weighted by Gasteiger charge is 2.17. The number of benzene rings is 1. The van der Waals surface area contributed by atoms with E-state index in [0.29, 0.717) is 11.2 Å². The molecule has 2 aromatic rings. The van der Waals surface area contributed by atoms with Crippen molar-refractivity contribution < 1.29 is 14.7 Å². The van der Waals surface area contributed by atoms with E-state index in [9.17, 15) is 9.59 Å². The Balaban J connectivity index is 2.40. The number of hydrogen-bond donors (Lipinski definition) is 2. The predicted molar refractivity (Wildman–Crippen MR) is 70.8 cm³/mol. The van der Waals surface area contributed by atoms with Gasteiger partial charge in [0.1, 0.15) is 12.2 Å². The first-order valence-corrected chi connectivity index (χ1v) is 5.61. The maximum absolute atomic E-state index is 12.0. The second-order valence-corrected chi connectivity index (χ2v) is 4.17. The molecule has 0 unspecified atom stereocenters. The predicted octanol–water partition coefficient (Wildman–Crippen LogP) is 0.974. The first-order valence-electron chi connectivity index (χ1n) is 5.61. The number of aliphatic carboxylic acids is 1. The third kappa shape index (κ3) is 2.62. The fourth-order valence-corrected chi connectivity index (χ4v) is 1.78. The molecule has 0 atom stereocenters. The third-order valence-corrected chi connectivity index (χ3v) is 2.69. The zero-order chi connectivity index (χ0) is 14.0.